The van der Waals surface area contributed by atoms with Gasteiger partial charge in [-0.25, -0.2) is 5.43 Å². The van der Waals surface area contributed by atoms with Crippen molar-refractivity contribution < 1.29 is 14.8 Å². The summed E-state index contributed by atoms with van der Waals surface area (Å²) in [6.07, 6.45) is 2.73. The number of hydrazone groups is 1. The number of rotatable bonds is 4. The second-order valence-electron chi connectivity index (χ2n) is 5.20. The molecule has 1 heterocycles. The highest BCUT2D eigenvalue weighted by molar-refractivity contribution is 6.36. The molecule has 9 heteroatoms. The van der Waals surface area contributed by atoms with E-state index in [1.54, 1.807) is 12.1 Å². The van der Waals surface area contributed by atoms with E-state index in [2.05, 4.69) is 15.5 Å². The minimum atomic E-state index is -0.630. The number of hydrogen-bond acceptors (Lipinski definition) is 6. The highest BCUT2D eigenvalue weighted by Crippen LogP contribution is 2.31. The zero-order valence-corrected chi connectivity index (χ0v) is 13.8. The fraction of sp³-hybridized carbons (Fsp3) is 0. The molecule has 2 aromatic carbocycles. The normalized spacial score (nSPS) is 11.0. The van der Waals surface area contributed by atoms with Gasteiger partial charge in [-0.15, -0.1) is 0 Å². The van der Waals surface area contributed by atoms with E-state index < -0.39 is 10.8 Å². The molecule has 0 aliphatic carbocycles. The SMILES string of the molecule is O=C(N/N=C\c1cc(Cl)c2cccnc2c1O)c1cccc([N+](=O)[O-])c1. The number of pyridine rings is 1. The molecule has 3 aromatic rings. The van der Waals surface area contributed by atoms with Crippen LogP contribution in [-0.4, -0.2) is 27.1 Å². The van der Waals surface area contributed by atoms with Crippen molar-refractivity contribution in [3.05, 3.63) is 74.9 Å². The molecule has 8 nitrogen and oxygen atoms in total. The number of amides is 1. The highest BCUT2D eigenvalue weighted by Gasteiger charge is 2.12. The number of phenolic OH excluding ortho intramolecular Hbond substituents is 1. The molecule has 0 aliphatic rings. The molecule has 26 heavy (non-hydrogen) atoms. The van der Waals surface area contributed by atoms with Crippen LogP contribution in [0.15, 0.2) is 53.8 Å². The van der Waals surface area contributed by atoms with Crippen molar-refractivity contribution in [2.75, 3.05) is 0 Å². The van der Waals surface area contributed by atoms with E-state index in [-0.39, 0.29) is 22.6 Å². The summed E-state index contributed by atoms with van der Waals surface area (Å²) in [5, 5.41) is 25.7. The summed E-state index contributed by atoms with van der Waals surface area (Å²) in [5.41, 5.74) is 2.70. The van der Waals surface area contributed by atoms with Gasteiger partial charge in [0.15, 0.2) is 5.75 Å². The van der Waals surface area contributed by atoms with Gasteiger partial charge in [-0.1, -0.05) is 17.7 Å². The maximum Gasteiger partial charge on any atom is 0.271 e. The summed E-state index contributed by atoms with van der Waals surface area (Å²) in [5.74, 6) is -0.757. The smallest absolute Gasteiger partial charge is 0.271 e. The first-order valence-corrected chi connectivity index (χ1v) is 7.69. The largest absolute Gasteiger partial charge is 0.505 e. The van der Waals surface area contributed by atoms with Crippen molar-refractivity contribution >= 4 is 40.3 Å². The summed E-state index contributed by atoms with van der Waals surface area (Å²) in [7, 11) is 0. The molecule has 2 N–H and O–H groups in total. The fourth-order valence-electron chi connectivity index (χ4n) is 2.29. The van der Waals surface area contributed by atoms with Gasteiger partial charge in [-0.05, 0) is 24.3 Å². The number of non-ortho nitro benzene ring substituents is 1. The summed E-state index contributed by atoms with van der Waals surface area (Å²) in [6.45, 7) is 0. The summed E-state index contributed by atoms with van der Waals surface area (Å²) >= 11 is 6.15. The Labute approximate surface area is 151 Å². The molecule has 0 bridgehead atoms. The Kier molecular flexibility index (Phi) is 4.76. The highest BCUT2D eigenvalue weighted by atomic mass is 35.5. The average Bonchev–Trinajstić information content (AvgIpc) is 2.65. The minimum absolute atomic E-state index is 0.0822. The van der Waals surface area contributed by atoms with Crippen LogP contribution in [0.25, 0.3) is 10.9 Å². The lowest BCUT2D eigenvalue weighted by Crippen LogP contribution is -2.17. The van der Waals surface area contributed by atoms with Gasteiger partial charge in [0.25, 0.3) is 11.6 Å². The van der Waals surface area contributed by atoms with Gasteiger partial charge >= 0.3 is 0 Å². The molecule has 1 amide bonds. The van der Waals surface area contributed by atoms with Gasteiger partial charge in [0, 0.05) is 34.8 Å². The maximum absolute atomic E-state index is 12.0. The minimum Gasteiger partial charge on any atom is -0.505 e. The predicted octanol–water partition coefficient (Wildman–Crippen LogP) is 3.27. The number of aromatic hydroxyl groups is 1. The van der Waals surface area contributed by atoms with Gasteiger partial charge in [0.05, 0.1) is 16.2 Å². The number of fused-ring (bicyclic) bond motifs is 1. The number of nitrogens with zero attached hydrogens (tertiary/aromatic N) is 3. The number of nitrogens with one attached hydrogen (secondary N) is 1. The fourth-order valence-corrected chi connectivity index (χ4v) is 2.56. The number of phenols is 1. The maximum atomic E-state index is 12.0. The van der Waals surface area contributed by atoms with Crippen LogP contribution in [0.4, 0.5) is 5.69 Å². The summed E-state index contributed by atoms with van der Waals surface area (Å²) in [4.78, 5) is 26.3. The quantitative estimate of drug-likeness (QED) is 0.415. The monoisotopic (exact) mass is 370 g/mol. The van der Waals surface area contributed by atoms with Crippen LogP contribution < -0.4 is 5.43 Å². The third-order valence-corrected chi connectivity index (χ3v) is 3.85. The van der Waals surface area contributed by atoms with E-state index in [1.165, 1.54) is 36.7 Å². The molecule has 0 radical (unpaired) electrons. The van der Waals surface area contributed by atoms with Crippen LogP contribution in [0.3, 0.4) is 0 Å². The second kappa shape index (κ2) is 7.16. The van der Waals surface area contributed by atoms with Crippen LogP contribution in [0.2, 0.25) is 5.02 Å². The van der Waals surface area contributed by atoms with Crippen molar-refractivity contribution in [2.45, 2.75) is 0 Å². The van der Waals surface area contributed by atoms with E-state index in [0.717, 1.165) is 6.07 Å². The van der Waals surface area contributed by atoms with Crippen LogP contribution in [0.5, 0.6) is 5.75 Å². The van der Waals surface area contributed by atoms with Crippen LogP contribution in [0, 0.1) is 10.1 Å². The van der Waals surface area contributed by atoms with Crippen LogP contribution in [0.1, 0.15) is 15.9 Å². The Morgan fingerprint density at radius 2 is 2.12 bits per heavy atom. The van der Waals surface area contributed by atoms with E-state index in [1.807, 2.05) is 0 Å². The molecule has 130 valence electrons. The Hall–Kier alpha value is -3.52. The number of nitro benzene ring substituents is 1. The Balaban J connectivity index is 1.82. The number of carbonyl (C=O) groups excluding carboxylic acids is 1. The van der Waals surface area contributed by atoms with Crippen molar-refractivity contribution in [3.63, 3.8) is 0 Å². The predicted molar refractivity (Wildman–Crippen MR) is 96.6 cm³/mol. The molecule has 0 saturated carbocycles. The number of carbonyl (C=O) groups is 1. The topological polar surface area (TPSA) is 118 Å². The lowest BCUT2D eigenvalue weighted by molar-refractivity contribution is -0.384. The van der Waals surface area contributed by atoms with E-state index in [0.29, 0.717) is 15.9 Å². The van der Waals surface area contributed by atoms with Crippen LogP contribution in [-0.2, 0) is 0 Å². The first kappa shape index (κ1) is 17.3. The van der Waals surface area contributed by atoms with E-state index >= 15 is 0 Å². The van der Waals surface area contributed by atoms with Crippen molar-refractivity contribution in [1.82, 2.24) is 10.4 Å². The summed E-state index contributed by atoms with van der Waals surface area (Å²) < 4.78 is 0. The third kappa shape index (κ3) is 3.45. The molecule has 0 fully saturated rings. The molecule has 3 rings (SSSR count). The molecular weight excluding hydrogens is 360 g/mol. The molecule has 0 unspecified atom stereocenters. The molecular formula is C17H11ClN4O4. The first-order valence-electron chi connectivity index (χ1n) is 7.31. The first-order chi connectivity index (χ1) is 12.5. The van der Waals surface area contributed by atoms with Gasteiger partial charge in [-0.3, -0.25) is 19.9 Å². The van der Waals surface area contributed by atoms with Crippen molar-refractivity contribution in [2.24, 2.45) is 5.10 Å². The molecule has 0 atom stereocenters. The van der Waals surface area contributed by atoms with Gasteiger partial charge < -0.3 is 5.11 Å². The standard InChI is InChI=1S/C17H11ClN4O4/c18-14-8-11(16(23)15-13(14)5-2-6-19-15)9-20-21-17(24)10-3-1-4-12(7-10)22(25)26/h1-9,23H,(H,21,24)/b20-9-. The average molecular weight is 371 g/mol. The number of aromatic nitrogens is 1. The Morgan fingerprint density at radius 3 is 2.88 bits per heavy atom. The molecule has 0 spiro atoms. The molecule has 0 aliphatic heterocycles. The Morgan fingerprint density at radius 1 is 1.31 bits per heavy atom. The lowest BCUT2D eigenvalue weighted by atomic mass is 10.1. The number of nitro groups is 1. The lowest BCUT2D eigenvalue weighted by Gasteiger charge is -2.05. The summed E-state index contributed by atoms with van der Waals surface area (Å²) in [6, 6.07) is 10.1. The zero-order valence-electron chi connectivity index (χ0n) is 13.1. The van der Waals surface area contributed by atoms with Crippen LogP contribution >= 0.6 is 11.6 Å². The van der Waals surface area contributed by atoms with Gasteiger partial charge in [0.1, 0.15) is 5.52 Å². The molecule has 1 aromatic heterocycles. The third-order valence-electron chi connectivity index (χ3n) is 3.53. The van der Waals surface area contributed by atoms with Crippen molar-refractivity contribution in [3.8, 4) is 5.75 Å². The number of hydrogen-bond donors (Lipinski definition) is 2. The van der Waals surface area contributed by atoms with Gasteiger partial charge in [0.2, 0.25) is 0 Å². The Bertz CT molecular complexity index is 1050. The number of halogens is 1. The van der Waals surface area contributed by atoms with Gasteiger partial charge in [-0.2, -0.15) is 5.10 Å². The number of benzene rings is 2. The molecule has 0 saturated heterocycles. The van der Waals surface area contributed by atoms with E-state index in [9.17, 15) is 20.0 Å². The van der Waals surface area contributed by atoms with Crippen molar-refractivity contribution in [1.29, 1.82) is 0 Å². The zero-order chi connectivity index (χ0) is 18.7. The second-order valence-corrected chi connectivity index (χ2v) is 5.61. The van der Waals surface area contributed by atoms with E-state index in [4.69, 9.17) is 11.6 Å².